The number of halogens is 6. The van der Waals surface area contributed by atoms with Crippen molar-refractivity contribution >= 4 is 62.3 Å². The number of benzene rings is 3. The molecular weight excluding hydrogens is 662 g/mol. The Bertz CT molecular complexity index is 1590. The maximum atomic E-state index is 14.1. The van der Waals surface area contributed by atoms with Gasteiger partial charge in [-0.2, -0.15) is 13.2 Å². The molecule has 0 aliphatic carbocycles. The van der Waals surface area contributed by atoms with E-state index in [1.807, 2.05) is 6.92 Å². The predicted octanol–water partition coefficient (Wildman–Crippen LogP) is 6.99. The smallest absolute Gasteiger partial charge is 0.352 e. The number of amides is 2. The molecule has 0 radical (unpaired) electrons. The number of nitrogens with zero attached hydrogens (tertiary/aromatic N) is 2. The first-order valence-electron chi connectivity index (χ1n) is 13.4. The van der Waals surface area contributed by atoms with Crippen molar-refractivity contribution in [2.24, 2.45) is 0 Å². The summed E-state index contributed by atoms with van der Waals surface area (Å²) in [5.74, 6) is -1.37. The number of sulfonamides is 1. The van der Waals surface area contributed by atoms with Crippen molar-refractivity contribution in [3.63, 3.8) is 0 Å². The molecule has 14 heteroatoms. The van der Waals surface area contributed by atoms with Crippen LogP contribution in [0.3, 0.4) is 0 Å². The molecule has 0 unspecified atom stereocenters. The van der Waals surface area contributed by atoms with Crippen LogP contribution in [0.5, 0.6) is 0 Å². The predicted molar refractivity (Wildman–Crippen MR) is 167 cm³/mol. The van der Waals surface area contributed by atoms with Crippen molar-refractivity contribution < 1.29 is 31.2 Å². The second kappa shape index (κ2) is 14.9. The number of hydrogen-bond donors (Lipinski definition) is 1. The van der Waals surface area contributed by atoms with E-state index in [0.29, 0.717) is 34.0 Å². The van der Waals surface area contributed by atoms with Crippen molar-refractivity contribution in [1.29, 1.82) is 0 Å². The first-order chi connectivity index (χ1) is 20.5. The van der Waals surface area contributed by atoms with Crippen molar-refractivity contribution in [3.8, 4) is 0 Å². The summed E-state index contributed by atoms with van der Waals surface area (Å²) < 4.78 is 67.0. The van der Waals surface area contributed by atoms with Gasteiger partial charge in [-0.05, 0) is 54.8 Å². The van der Waals surface area contributed by atoms with E-state index in [2.05, 4.69) is 5.32 Å². The lowest BCUT2D eigenvalue weighted by molar-refractivity contribution is -0.140. The molecule has 44 heavy (non-hydrogen) atoms. The highest BCUT2D eigenvalue weighted by Crippen LogP contribution is 2.36. The van der Waals surface area contributed by atoms with E-state index in [4.69, 9.17) is 34.8 Å². The van der Waals surface area contributed by atoms with E-state index < -0.39 is 51.9 Å². The van der Waals surface area contributed by atoms with Crippen LogP contribution in [0.1, 0.15) is 37.0 Å². The second-order valence-electron chi connectivity index (χ2n) is 10.2. The second-order valence-corrected chi connectivity index (χ2v) is 13.4. The van der Waals surface area contributed by atoms with Crippen LogP contribution in [0.2, 0.25) is 15.1 Å². The first kappa shape index (κ1) is 35.5. The highest BCUT2D eigenvalue weighted by molar-refractivity contribution is 7.92. The Morgan fingerprint density at radius 2 is 1.55 bits per heavy atom. The Morgan fingerprint density at radius 1 is 0.909 bits per heavy atom. The third kappa shape index (κ3) is 9.50. The molecule has 3 rings (SSSR count). The van der Waals surface area contributed by atoms with Gasteiger partial charge in [0.05, 0.1) is 32.6 Å². The quantitative estimate of drug-likeness (QED) is 0.222. The number of rotatable bonds is 12. The van der Waals surface area contributed by atoms with Crippen molar-refractivity contribution in [1.82, 2.24) is 10.2 Å². The lowest BCUT2D eigenvalue weighted by Crippen LogP contribution is -2.54. The molecule has 2 amide bonds. The average molecular weight is 693 g/mol. The van der Waals surface area contributed by atoms with E-state index in [1.165, 1.54) is 17.0 Å². The van der Waals surface area contributed by atoms with E-state index in [0.717, 1.165) is 12.3 Å². The van der Waals surface area contributed by atoms with E-state index in [-0.39, 0.29) is 34.1 Å². The zero-order valence-electron chi connectivity index (χ0n) is 24.0. The summed E-state index contributed by atoms with van der Waals surface area (Å²) in [5.41, 5.74) is -0.495. The Balaban J connectivity index is 2.14. The summed E-state index contributed by atoms with van der Waals surface area (Å²) in [6, 6.07) is 14.3. The molecule has 0 heterocycles. The van der Waals surface area contributed by atoms with E-state index in [9.17, 15) is 31.2 Å². The van der Waals surface area contributed by atoms with Gasteiger partial charge in [-0.25, -0.2) is 8.42 Å². The molecule has 3 aromatic rings. The summed E-state index contributed by atoms with van der Waals surface area (Å²) in [6.07, 6.45) is -3.40. The van der Waals surface area contributed by atoms with Gasteiger partial charge >= 0.3 is 6.18 Å². The third-order valence-corrected chi connectivity index (χ3v) is 9.02. The summed E-state index contributed by atoms with van der Waals surface area (Å²) in [5, 5.41) is 3.01. The van der Waals surface area contributed by atoms with E-state index in [1.54, 1.807) is 43.3 Å². The van der Waals surface area contributed by atoms with Gasteiger partial charge in [-0.15, -0.1) is 0 Å². The standard InChI is InChI=1S/C30H31Cl3F3N3O4S/c1-4-19(2)37-29(41)27(15-20-8-6-5-7-9-20)38(17-21-10-12-23(31)25(33)14-21)28(40)18-39(44(3,42)43)26-16-22(30(34,35)36)11-13-24(26)32/h5-14,16,19,27H,4,15,17-18H2,1-3H3,(H,37,41)/t19-,27+/m1/s1. The van der Waals surface area contributed by atoms with Crippen LogP contribution >= 0.6 is 34.8 Å². The number of carbonyl (C=O) groups excluding carboxylic acids is 2. The van der Waals surface area contributed by atoms with Gasteiger partial charge in [-0.3, -0.25) is 13.9 Å². The van der Waals surface area contributed by atoms with Crippen LogP contribution in [0.4, 0.5) is 18.9 Å². The molecule has 7 nitrogen and oxygen atoms in total. The van der Waals surface area contributed by atoms with Crippen LogP contribution in [0, 0.1) is 0 Å². The Labute approximate surface area is 269 Å². The maximum Gasteiger partial charge on any atom is 0.416 e. The summed E-state index contributed by atoms with van der Waals surface area (Å²) in [7, 11) is -4.35. The molecule has 2 atom stereocenters. The van der Waals surface area contributed by atoms with Gasteiger partial charge in [-0.1, -0.05) is 78.1 Å². The summed E-state index contributed by atoms with van der Waals surface area (Å²) >= 11 is 18.5. The van der Waals surface area contributed by atoms with Crippen molar-refractivity contribution in [3.05, 3.63) is 98.5 Å². The molecule has 0 saturated heterocycles. The molecule has 0 aliphatic rings. The molecule has 0 spiro atoms. The zero-order valence-corrected chi connectivity index (χ0v) is 27.1. The fourth-order valence-electron chi connectivity index (χ4n) is 4.30. The lowest BCUT2D eigenvalue weighted by Gasteiger charge is -2.34. The molecule has 0 aromatic heterocycles. The first-order valence-corrected chi connectivity index (χ1v) is 16.4. The largest absolute Gasteiger partial charge is 0.416 e. The van der Waals surface area contributed by atoms with Crippen LogP contribution < -0.4 is 9.62 Å². The molecule has 1 N–H and O–H groups in total. The minimum atomic E-state index is -4.80. The van der Waals surface area contributed by atoms with Crippen LogP contribution in [0.25, 0.3) is 0 Å². The number of alkyl halides is 3. The van der Waals surface area contributed by atoms with Crippen molar-refractivity contribution in [2.75, 3.05) is 17.1 Å². The van der Waals surface area contributed by atoms with Gasteiger partial charge in [0.1, 0.15) is 12.6 Å². The van der Waals surface area contributed by atoms with Crippen LogP contribution in [-0.4, -0.2) is 50.0 Å². The summed E-state index contributed by atoms with van der Waals surface area (Å²) in [4.78, 5) is 29.0. The molecule has 238 valence electrons. The third-order valence-electron chi connectivity index (χ3n) is 6.83. The number of carbonyl (C=O) groups is 2. The Kier molecular flexibility index (Phi) is 12.0. The fraction of sp³-hybridized carbons (Fsp3) is 0.333. The number of hydrogen-bond acceptors (Lipinski definition) is 4. The molecule has 0 aliphatic heterocycles. The zero-order chi connectivity index (χ0) is 32.8. The van der Waals surface area contributed by atoms with Crippen molar-refractivity contribution in [2.45, 2.75) is 51.5 Å². The van der Waals surface area contributed by atoms with E-state index >= 15 is 0 Å². The Morgan fingerprint density at radius 3 is 2.11 bits per heavy atom. The average Bonchev–Trinajstić information content (AvgIpc) is 2.95. The maximum absolute atomic E-state index is 14.1. The SMILES string of the molecule is CC[C@@H](C)NC(=O)[C@H](Cc1ccccc1)N(Cc1ccc(Cl)c(Cl)c1)C(=O)CN(c1cc(C(F)(F)F)ccc1Cl)S(C)(=O)=O. The van der Waals surface area contributed by atoms with Gasteiger partial charge < -0.3 is 10.2 Å². The molecule has 3 aromatic carbocycles. The van der Waals surface area contributed by atoms with Gasteiger partial charge in [0.15, 0.2) is 0 Å². The highest BCUT2D eigenvalue weighted by atomic mass is 35.5. The number of anilines is 1. The minimum absolute atomic E-state index is 0.0549. The molecular formula is C30H31Cl3F3N3O4S. The Hall–Kier alpha value is -2.99. The van der Waals surface area contributed by atoms with Gasteiger partial charge in [0.2, 0.25) is 21.8 Å². The van der Waals surface area contributed by atoms with Gasteiger partial charge in [0.25, 0.3) is 0 Å². The monoisotopic (exact) mass is 691 g/mol. The fourth-order valence-corrected chi connectivity index (χ4v) is 5.75. The highest BCUT2D eigenvalue weighted by Gasteiger charge is 2.36. The lowest BCUT2D eigenvalue weighted by atomic mass is 10.0. The molecule has 0 bridgehead atoms. The van der Waals surface area contributed by atoms with Gasteiger partial charge in [0, 0.05) is 19.0 Å². The normalized spacial score (nSPS) is 13.2. The summed E-state index contributed by atoms with van der Waals surface area (Å²) in [6.45, 7) is 2.53. The van der Waals surface area contributed by atoms with Crippen LogP contribution in [-0.2, 0) is 38.8 Å². The number of nitrogens with one attached hydrogen (secondary N) is 1. The minimum Gasteiger partial charge on any atom is -0.352 e. The van der Waals surface area contributed by atoms with Crippen LogP contribution in [0.15, 0.2) is 66.7 Å². The molecule has 0 fully saturated rings. The molecule has 0 saturated carbocycles. The topological polar surface area (TPSA) is 86.8 Å².